The fourth-order valence-corrected chi connectivity index (χ4v) is 5.99. The number of likely N-dealkylation sites (N-methyl/N-ethyl adjacent to an activating group) is 1. The molecule has 0 fully saturated rings. The van der Waals surface area contributed by atoms with E-state index in [2.05, 4.69) is 80.5 Å². The standard InChI is InChI=1S/C32H39N3O2S/c1-21(2)28(36)13-10-18-35(7)32(37)25-12-9-8-11-24(25)31-26-16-14-22(33(3)4)19-29(26)38-30-20-23(34(5)6)15-17-27(30)31/h8-9,11-12,14-17,19-22H,10,13,18H2,1-7H3. The van der Waals surface area contributed by atoms with Crippen molar-refractivity contribution >= 4 is 34.7 Å². The van der Waals surface area contributed by atoms with E-state index in [9.17, 15) is 9.59 Å². The van der Waals surface area contributed by atoms with Crippen LogP contribution in [0.4, 0.5) is 5.69 Å². The lowest BCUT2D eigenvalue weighted by Crippen LogP contribution is -2.29. The van der Waals surface area contributed by atoms with Crippen LogP contribution in [-0.2, 0) is 4.79 Å². The van der Waals surface area contributed by atoms with E-state index in [0.717, 1.165) is 28.0 Å². The Morgan fingerprint density at radius 2 is 1.71 bits per heavy atom. The van der Waals surface area contributed by atoms with E-state index >= 15 is 0 Å². The average Bonchev–Trinajstić information content (AvgIpc) is 2.90. The highest BCUT2D eigenvalue weighted by Gasteiger charge is 2.29. The van der Waals surface area contributed by atoms with Gasteiger partial charge in [0.05, 0.1) is 0 Å². The number of hydrogen-bond donors (Lipinski definition) is 0. The van der Waals surface area contributed by atoms with Crippen molar-refractivity contribution in [3.63, 3.8) is 0 Å². The predicted octanol–water partition coefficient (Wildman–Crippen LogP) is 6.12. The van der Waals surface area contributed by atoms with Gasteiger partial charge in [0.15, 0.2) is 0 Å². The third kappa shape index (κ3) is 5.82. The topological polar surface area (TPSA) is 43.9 Å². The van der Waals surface area contributed by atoms with Gasteiger partial charge in [-0.2, -0.15) is 0 Å². The summed E-state index contributed by atoms with van der Waals surface area (Å²) in [6.07, 6.45) is 7.92. The quantitative estimate of drug-likeness (QED) is 0.392. The fourth-order valence-electron chi connectivity index (χ4n) is 4.80. The third-order valence-corrected chi connectivity index (χ3v) is 8.35. The summed E-state index contributed by atoms with van der Waals surface area (Å²) < 4.78 is 0. The highest BCUT2D eigenvalue weighted by Crippen LogP contribution is 2.50. The first-order valence-corrected chi connectivity index (χ1v) is 14.1. The number of hydrogen-bond acceptors (Lipinski definition) is 5. The Bertz CT molecular complexity index is 1320. The molecule has 0 N–H and O–H groups in total. The summed E-state index contributed by atoms with van der Waals surface area (Å²) in [6.45, 7) is 4.40. The molecule has 0 bridgehead atoms. The van der Waals surface area contributed by atoms with Gasteiger partial charge in [-0.05, 0) is 67.1 Å². The van der Waals surface area contributed by atoms with E-state index in [4.69, 9.17) is 0 Å². The molecule has 4 rings (SSSR count). The second kappa shape index (κ2) is 11.7. The number of ketones is 1. The lowest BCUT2D eigenvalue weighted by atomic mass is 9.86. The lowest BCUT2D eigenvalue weighted by Gasteiger charge is -2.31. The summed E-state index contributed by atoms with van der Waals surface area (Å²) in [5.41, 5.74) is 6.17. The van der Waals surface area contributed by atoms with Crippen LogP contribution in [0, 0.1) is 5.92 Å². The van der Waals surface area contributed by atoms with Crippen LogP contribution in [0.15, 0.2) is 76.1 Å². The van der Waals surface area contributed by atoms with Crippen molar-refractivity contribution in [1.82, 2.24) is 9.80 Å². The number of fused-ring (bicyclic) bond motifs is 2. The van der Waals surface area contributed by atoms with Crippen LogP contribution in [0.5, 0.6) is 0 Å². The number of anilines is 1. The number of benzene rings is 2. The Hall–Kier alpha value is -3.09. The number of nitrogens with zero attached hydrogens (tertiary/aromatic N) is 3. The number of allylic oxidation sites excluding steroid dienone is 2. The molecule has 38 heavy (non-hydrogen) atoms. The van der Waals surface area contributed by atoms with Crippen LogP contribution in [0.3, 0.4) is 0 Å². The number of thioether (sulfide) groups is 1. The van der Waals surface area contributed by atoms with Gasteiger partial charge in [0, 0.05) is 67.1 Å². The van der Waals surface area contributed by atoms with E-state index in [1.807, 2.05) is 39.1 Å². The van der Waals surface area contributed by atoms with Gasteiger partial charge in [0.25, 0.3) is 5.91 Å². The maximum absolute atomic E-state index is 13.7. The predicted molar refractivity (Wildman–Crippen MR) is 160 cm³/mol. The number of Topliss-reactive ketones (excluding diaryl/α,β-unsaturated/α-hetero) is 1. The molecule has 0 spiro atoms. The molecule has 2 aromatic carbocycles. The largest absolute Gasteiger partial charge is 0.378 e. The Labute approximate surface area is 231 Å². The minimum Gasteiger partial charge on any atom is -0.378 e. The van der Waals surface area contributed by atoms with Gasteiger partial charge in [-0.15, -0.1) is 0 Å². The van der Waals surface area contributed by atoms with E-state index in [0.29, 0.717) is 24.9 Å². The van der Waals surface area contributed by atoms with Crippen molar-refractivity contribution in [3.05, 3.63) is 87.9 Å². The summed E-state index contributed by atoms with van der Waals surface area (Å²) in [5.74, 6) is 0.248. The first-order chi connectivity index (χ1) is 18.1. The zero-order chi connectivity index (χ0) is 27.6. The van der Waals surface area contributed by atoms with Crippen molar-refractivity contribution in [1.29, 1.82) is 0 Å². The SMILES string of the molecule is CC(C)C(=O)CCCN(C)C(=O)c1ccccc1C1=C2C=CC(N(C)C)C=C2Sc2cc(N(C)C)ccc21. The van der Waals surface area contributed by atoms with Crippen molar-refractivity contribution in [2.45, 2.75) is 37.6 Å². The molecule has 1 aliphatic carbocycles. The van der Waals surface area contributed by atoms with Crippen LogP contribution >= 0.6 is 11.8 Å². The molecule has 0 aromatic heterocycles. The smallest absolute Gasteiger partial charge is 0.254 e. The van der Waals surface area contributed by atoms with Crippen molar-refractivity contribution < 1.29 is 9.59 Å². The number of rotatable bonds is 9. The Balaban J connectivity index is 1.77. The van der Waals surface area contributed by atoms with Gasteiger partial charge >= 0.3 is 0 Å². The van der Waals surface area contributed by atoms with Gasteiger partial charge in [0.2, 0.25) is 0 Å². The Kier molecular flexibility index (Phi) is 8.64. The third-order valence-electron chi connectivity index (χ3n) is 7.22. The summed E-state index contributed by atoms with van der Waals surface area (Å²) in [5, 5.41) is 0. The van der Waals surface area contributed by atoms with Crippen LogP contribution < -0.4 is 4.90 Å². The van der Waals surface area contributed by atoms with Gasteiger partial charge in [-0.1, -0.05) is 62.0 Å². The van der Waals surface area contributed by atoms with Crippen molar-refractivity contribution in [2.75, 3.05) is 46.7 Å². The number of carbonyl (C=O) groups is 2. The highest BCUT2D eigenvalue weighted by molar-refractivity contribution is 8.03. The zero-order valence-corrected chi connectivity index (χ0v) is 24.4. The molecular formula is C32H39N3O2S. The average molecular weight is 530 g/mol. The van der Waals surface area contributed by atoms with Gasteiger partial charge in [0.1, 0.15) is 5.78 Å². The minimum absolute atomic E-state index is 0.0214. The molecule has 0 saturated heterocycles. The monoisotopic (exact) mass is 529 g/mol. The van der Waals surface area contributed by atoms with Crippen LogP contribution in [-0.4, -0.2) is 69.3 Å². The van der Waals surface area contributed by atoms with Gasteiger partial charge < -0.3 is 9.80 Å². The maximum Gasteiger partial charge on any atom is 0.254 e. The molecule has 0 saturated carbocycles. The fraction of sp³-hybridized carbons (Fsp3) is 0.375. The van der Waals surface area contributed by atoms with Crippen LogP contribution in [0.1, 0.15) is 48.2 Å². The minimum atomic E-state index is -0.0214. The molecule has 6 heteroatoms. The van der Waals surface area contributed by atoms with E-state index in [1.54, 1.807) is 16.7 Å². The van der Waals surface area contributed by atoms with Gasteiger partial charge in [-0.25, -0.2) is 0 Å². The van der Waals surface area contributed by atoms with Crippen molar-refractivity contribution in [3.8, 4) is 0 Å². The molecule has 1 heterocycles. The normalized spacial score (nSPS) is 16.3. The second-order valence-corrected chi connectivity index (χ2v) is 11.9. The zero-order valence-electron chi connectivity index (χ0n) is 23.6. The van der Waals surface area contributed by atoms with E-state index in [-0.39, 0.29) is 23.7 Å². The summed E-state index contributed by atoms with van der Waals surface area (Å²) in [4.78, 5) is 34.3. The Morgan fingerprint density at radius 3 is 2.39 bits per heavy atom. The number of amides is 1. The summed E-state index contributed by atoms with van der Waals surface area (Å²) in [6, 6.07) is 14.7. The molecule has 0 radical (unpaired) electrons. The maximum atomic E-state index is 13.7. The lowest BCUT2D eigenvalue weighted by molar-refractivity contribution is -0.122. The molecule has 5 nitrogen and oxygen atoms in total. The molecule has 2 aromatic rings. The highest BCUT2D eigenvalue weighted by atomic mass is 32.2. The summed E-state index contributed by atoms with van der Waals surface area (Å²) in [7, 11) is 10.1. The molecule has 200 valence electrons. The first-order valence-electron chi connectivity index (χ1n) is 13.3. The molecule has 1 atom stereocenters. The molecular weight excluding hydrogens is 490 g/mol. The number of carbonyl (C=O) groups excluding carboxylic acids is 2. The van der Waals surface area contributed by atoms with Crippen LogP contribution in [0.25, 0.3) is 5.57 Å². The van der Waals surface area contributed by atoms with E-state index in [1.165, 1.54) is 9.80 Å². The van der Waals surface area contributed by atoms with Crippen molar-refractivity contribution in [2.24, 2.45) is 5.92 Å². The Morgan fingerprint density at radius 1 is 0.974 bits per heavy atom. The second-order valence-electron chi connectivity index (χ2n) is 10.8. The first kappa shape index (κ1) is 27.9. The van der Waals surface area contributed by atoms with Gasteiger partial charge in [-0.3, -0.25) is 14.5 Å². The molecule has 1 aliphatic heterocycles. The van der Waals surface area contributed by atoms with Crippen LogP contribution in [0.2, 0.25) is 0 Å². The molecule has 2 aliphatic rings. The molecule has 1 unspecified atom stereocenters. The summed E-state index contributed by atoms with van der Waals surface area (Å²) >= 11 is 1.80. The van der Waals surface area contributed by atoms with E-state index < -0.39 is 0 Å². The molecule has 1 amide bonds.